The second-order valence-electron chi connectivity index (χ2n) is 8.30. The van der Waals surface area contributed by atoms with Crippen molar-refractivity contribution in [3.8, 4) is 0 Å². The van der Waals surface area contributed by atoms with Crippen LogP contribution < -0.4 is 22.2 Å². The molecule has 1 atom stereocenters. The van der Waals surface area contributed by atoms with Gasteiger partial charge in [-0.3, -0.25) is 14.6 Å². The van der Waals surface area contributed by atoms with Crippen molar-refractivity contribution in [3.63, 3.8) is 0 Å². The number of aliphatic imine (C=N–C) groups is 1. The van der Waals surface area contributed by atoms with Crippen LogP contribution in [0.3, 0.4) is 0 Å². The molecule has 0 spiro atoms. The SMILES string of the molecule is CCc1ccc(C(NC(=O)/C(N)=C/N(N)CCNC(=O)c2ccc(S(C)(=O)=O)cc2Cl)C2=NC2)cc1. The molecule has 36 heavy (non-hydrogen) atoms. The van der Waals surface area contributed by atoms with E-state index < -0.39 is 21.7 Å². The smallest absolute Gasteiger partial charge is 0.269 e. The van der Waals surface area contributed by atoms with Gasteiger partial charge >= 0.3 is 0 Å². The summed E-state index contributed by atoms with van der Waals surface area (Å²) in [5.74, 6) is 4.92. The van der Waals surface area contributed by atoms with E-state index in [-0.39, 0.29) is 40.3 Å². The number of hydrazine groups is 1. The standard InChI is InChI=1S/C24H29ClN6O4S/c1-3-15-4-6-16(7-5-15)22(21-13-29-21)30-24(33)20(26)14-31(27)11-10-28-23(32)18-9-8-17(12-19(18)25)36(2,34)35/h4-9,12,14,22H,3,10-11,13,26-27H2,1-2H3,(H,28,32)(H,30,33)/b20-14-. The maximum Gasteiger partial charge on any atom is 0.269 e. The van der Waals surface area contributed by atoms with Crippen LogP contribution >= 0.6 is 11.6 Å². The molecule has 6 N–H and O–H groups in total. The molecule has 0 radical (unpaired) electrons. The highest BCUT2D eigenvalue weighted by Crippen LogP contribution is 2.22. The van der Waals surface area contributed by atoms with Crippen molar-refractivity contribution in [3.05, 3.63) is 76.1 Å². The molecule has 1 unspecified atom stereocenters. The highest BCUT2D eigenvalue weighted by molar-refractivity contribution is 7.90. The highest BCUT2D eigenvalue weighted by atomic mass is 35.5. The lowest BCUT2D eigenvalue weighted by Crippen LogP contribution is -2.39. The third-order valence-corrected chi connectivity index (χ3v) is 6.93. The molecule has 192 valence electrons. The van der Waals surface area contributed by atoms with Crippen molar-refractivity contribution < 1.29 is 18.0 Å². The number of sulfone groups is 1. The van der Waals surface area contributed by atoms with Gasteiger partial charge in [-0.25, -0.2) is 14.3 Å². The summed E-state index contributed by atoms with van der Waals surface area (Å²) < 4.78 is 23.2. The van der Waals surface area contributed by atoms with E-state index in [4.69, 9.17) is 23.2 Å². The zero-order valence-electron chi connectivity index (χ0n) is 20.0. The first-order chi connectivity index (χ1) is 17.0. The summed E-state index contributed by atoms with van der Waals surface area (Å²) in [4.78, 5) is 29.3. The van der Waals surface area contributed by atoms with Crippen molar-refractivity contribution in [1.29, 1.82) is 0 Å². The van der Waals surface area contributed by atoms with Crippen LogP contribution in [0.25, 0.3) is 0 Å². The number of halogens is 1. The Morgan fingerprint density at radius 2 is 1.89 bits per heavy atom. The minimum Gasteiger partial charge on any atom is -0.393 e. The Morgan fingerprint density at radius 1 is 1.22 bits per heavy atom. The Hall–Kier alpha value is -3.41. The van der Waals surface area contributed by atoms with E-state index in [9.17, 15) is 18.0 Å². The first kappa shape index (κ1) is 27.2. The fraction of sp³-hybridized carbons (Fsp3) is 0.292. The Balaban J connectivity index is 1.53. The van der Waals surface area contributed by atoms with Gasteiger partial charge in [-0.15, -0.1) is 0 Å². The zero-order chi connectivity index (χ0) is 26.5. The number of carbonyl (C=O) groups excluding carboxylic acids is 2. The molecule has 1 aliphatic rings. The van der Waals surface area contributed by atoms with Crippen molar-refractivity contribution in [1.82, 2.24) is 15.6 Å². The lowest BCUT2D eigenvalue weighted by Gasteiger charge is -2.18. The fourth-order valence-corrected chi connectivity index (χ4v) is 4.33. The largest absolute Gasteiger partial charge is 0.393 e. The van der Waals surface area contributed by atoms with Crippen LogP contribution in [0.1, 0.15) is 34.5 Å². The number of aryl methyl sites for hydroxylation is 1. The van der Waals surface area contributed by atoms with Crippen molar-refractivity contribution in [2.75, 3.05) is 25.9 Å². The van der Waals surface area contributed by atoms with Crippen molar-refractivity contribution in [2.24, 2.45) is 16.6 Å². The summed E-state index contributed by atoms with van der Waals surface area (Å²) in [6.07, 6.45) is 3.25. The topological polar surface area (TPSA) is 160 Å². The molecule has 1 heterocycles. The molecule has 2 aromatic carbocycles. The van der Waals surface area contributed by atoms with Crippen LogP contribution in [0.2, 0.25) is 5.02 Å². The number of amides is 2. The normalized spacial score (nSPS) is 14.0. The minimum atomic E-state index is -3.44. The van der Waals surface area contributed by atoms with E-state index in [2.05, 4.69) is 22.5 Å². The summed E-state index contributed by atoms with van der Waals surface area (Å²) >= 11 is 6.06. The van der Waals surface area contributed by atoms with Gasteiger partial charge in [-0.1, -0.05) is 42.8 Å². The number of hydrogen-bond acceptors (Lipinski definition) is 8. The Morgan fingerprint density at radius 3 is 2.44 bits per heavy atom. The maximum absolute atomic E-state index is 12.7. The number of rotatable bonds is 11. The van der Waals surface area contributed by atoms with E-state index in [0.29, 0.717) is 6.54 Å². The van der Waals surface area contributed by atoms with Gasteiger partial charge in [0, 0.05) is 19.0 Å². The van der Waals surface area contributed by atoms with Crippen LogP contribution in [-0.2, 0) is 21.1 Å². The first-order valence-electron chi connectivity index (χ1n) is 11.2. The number of nitrogens with two attached hydrogens (primary N) is 2. The first-order valence-corrected chi connectivity index (χ1v) is 13.5. The second kappa shape index (κ2) is 11.5. The molecule has 1 aliphatic heterocycles. The predicted octanol–water partition coefficient (Wildman–Crippen LogP) is 1.32. The summed E-state index contributed by atoms with van der Waals surface area (Å²) in [7, 11) is -3.44. The third kappa shape index (κ3) is 7.30. The number of carbonyl (C=O) groups is 2. The van der Waals surface area contributed by atoms with E-state index in [0.717, 1.165) is 24.0 Å². The van der Waals surface area contributed by atoms with E-state index in [1.54, 1.807) is 0 Å². The van der Waals surface area contributed by atoms with Gasteiger partial charge in [0.2, 0.25) is 0 Å². The molecule has 0 aromatic heterocycles. The number of benzene rings is 2. The lowest BCUT2D eigenvalue weighted by molar-refractivity contribution is -0.118. The van der Waals surface area contributed by atoms with Crippen LogP contribution in [0.15, 0.2) is 64.2 Å². The van der Waals surface area contributed by atoms with Gasteiger partial charge in [-0.2, -0.15) is 0 Å². The Labute approximate surface area is 215 Å². The Bertz CT molecular complexity index is 1310. The van der Waals surface area contributed by atoms with E-state index in [1.165, 1.54) is 35.0 Å². The monoisotopic (exact) mass is 532 g/mol. The number of hydrogen-bond donors (Lipinski definition) is 4. The molecule has 10 nitrogen and oxygen atoms in total. The molecule has 0 aliphatic carbocycles. The average molecular weight is 533 g/mol. The Kier molecular flexibility index (Phi) is 8.72. The second-order valence-corrected chi connectivity index (χ2v) is 10.7. The quantitative estimate of drug-likeness (QED) is 0.193. The van der Waals surface area contributed by atoms with Gasteiger partial charge in [0.25, 0.3) is 11.8 Å². The van der Waals surface area contributed by atoms with Gasteiger partial charge in [0.05, 0.1) is 40.3 Å². The fourth-order valence-electron chi connectivity index (χ4n) is 3.35. The van der Waals surface area contributed by atoms with Crippen LogP contribution in [0, 0.1) is 0 Å². The summed E-state index contributed by atoms with van der Waals surface area (Å²) in [6, 6.07) is 11.5. The van der Waals surface area contributed by atoms with E-state index in [1.807, 2.05) is 24.3 Å². The summed E-state index contributed by atoms with van der Waals surface area (Å²) in [5, 5.41) is 6.72. The van der Waals surface area contributed by atoms with Crippen molar-refractivity contribution in [2.45, 2.75) is 24.3 Å². The zero-order valence-corrected chi connectivity index (χ0v) is 21.6. The number of nitrogens with zero attached hydrogens (tertiary/aromatic N) is 2. The molecule has 0 saturated carbocycles. The van der Waals surface area contributed by atoms with Gasteiger partial charge in [-0.05, 0) is 35.7 Å². The van der Waals surface area contributed by atoms with Gasteiger partial charge in [0.15, 0.2) is 9.84 Å². The van der Waals surface area contributed by atoms with Crippen LogP contribution in [-0.4, -0.2) is 56.8 Å². The molecule has 2 aromatic rings. The van der Waals surface area contributed by atoms with E-state index >= 15 is 0 Å². The van der Waals surface area contributed by atoms with Gasteiger partial charge < -0.3 is 21.4 Å². The van der Waals surface area contributed by atoms with Crippen molar-refractivity contribution >= 4 is 39.0 Å². The summed E-state index contributed by atoms with van der Waals surface area (Å²) in [5.41, 5.74) is 8.95. The molecular formula is C24H29ClN6O4S. The minimum absolute atomic E-state index is 0.0139. The van der Waals surface area contributed by atoms with Gasteiger partial charge in [0.1, 0.15) is 5.70 Å². The third-order valence-electron chi connectivity index (χ3n) is 5.51. The molecular weight excluding hydrogens is 504 g/mol. The molecule has 0 fully saturated rings. The maximum atomic E-state index is 12.7. The van der Waals surface area contributed by atoms with Crippen LogP contribution in [0.4, 0.5) is 0 Å². The highest BCUT2D eigenvalue weighted by Gasteiger charge is 2.27. The molecule has 0 saturated heterocycles. The lowest BCUT2D eigenvalue weighted by atomic mass is 10.0. The molecule has 0 bridgehead atoms. The molecule has 12 heteroatoms. The number of nitrogens with one attached hydrogen (secondary N) is 2. The summed E-state index contributed by atoms with van der Waals surface area (Å²) in [6.45, 7) is 2.93. The average Bonchev–Trinajstić information content (AvgIpc) is 3.67. The molecule has 3 rings (SSSR count). The molecule has 2 amide bonds. The predicted molar refractivity (Wildman–Crippen MR) is 139 cm³/mol. The van der Waals surface area contributed by atoms with Crippen LogP contribution in [0.5, 0.6) is 0 Å².